The predicted molar refractivity (Wildman–Crippen MR) is 321 cm³/mol. The van der Waals surface area contributed by atoms with Gasteiger partial charge in [-0.2, -0.15) is 0 Å². The number of piperidine rings is 2. The Bertz CT molecular complexity index is 3210. The third-order valence-corrected chi connectivity index (χ3v) is 16.0. The molecule has 0 bridgehead atoms. The number of fused-ring (bicyclic) bond motifs is 2. The summed E-state index contributed by atoms with van der Waals surface area (Å²) in [7, 11) is -1.94. The molecule has 0 radical (unpaired) electrons. The minimum Gasteiger partial charge on any atom is -0.382 e. The number of aromatic nitrogens is 4. The number of pyridine rings is 1. The van der Waals surface area contributed by atoms with E-state index in [-0.39, 0.29) is 55.0 Å². The van der Waals surface area contributed by atoms with E-state index in [4.69, 9.17) is 42.9 Å². The summed E-state index contributed by atoms with van der Waals surface area (Å²) in [5.41, 5.74) is 2.66. The fourth-order valence-corrected chi connectivity index (χ4v) is 11.2. The van der Waals surface area contributed by atoms with Gasteiger partial charge in [0.15, 0.2) is 5.82 Å². The summed E-state index contributed by atoms with van der Waals surface area (Å²) in [6, 6.07) is 9.77. The van der Waals surface area contributed by atoms with Crippen LogP contribution in [-0.2, 0) is 57.5 Å². The van der Waals surface area contributed by atoms with Crippen LogP contribution in [0.4, 0.5) is 26.0 Å². The smallest absolute Gasteiger partial charge is 0.264 e. The maximum absolute atomic E-state index is 16.1. The van der Waals surface area contributed by atoms with E-state index in [1.165, 1.54) is 10.9 Å². The minimum absolute atomic E-state index is 0. The first-order chi connectivity index (χ1) is 41.8. The van der Waals surface area contributed by atoms with Gasteiger partial charge in [0.05, 0.1) is 146 Å². The van der Waals surface area contributed by atoms with Gasteiger partial charge in [-0.15, -0.1) is 0 Å². The summed E-state index contributed by atoms with van der Waals surface area (Å²) >= 11 is 0. The highest BCUT2D eigenvalue weighted by molar-refractivity contribution is 7.92. The number of amides is 4. The van der Waals surface area contributed by atoms with Crippen molar-refractivity contribution in [2.45, 2.75) is 65.0 Å². The highest BCUT2D eigenvalue weighted by Gasteiger charge is 2.45. The second kappa shape index (κ2) is 33.9. The number of anilines is 3. The van der Waals surface area contributed by atoms with Crippen LogP contribution in [0.5, 0.6) is 0 Å². The zero-order chi connectivity index (χ0) is 60.8. The average molecular weight is 1240 g/mol. The van der Waals surface area contributed by atoms with Crippen LogP contribution in [0, 0.1) is 11.6 Å². The molecule has 0 aliphatic carbocycles. The third-order valence-electron chi connectivity index (χ3n) is 14.5. The van der Waals surface area contributed by atoms with Gasteiger partial charge in [-0.05, 0) is 68.5 Å². The molecule has 1 atom stereocenters. The van der Waals surface area contributed by atoms with Gasteiger partial charge in [0, 0.05) is 73.8 Å². The molecular weight excluding hydrogens is 1150 g/mol. The largest absolute Gasteiger partial charge is 0.382 e. The number of hydrogen-bond donors (Lipinski definition) is 3. The fourth-order valence-electron chi connectivity index (χ4n) is 10.1. The molecule has 2 saturated heterocycles. The first kappa shape index (κ1) is 67.4. The van der Waals surface area contributed by atoms with E-state index in [9.17, 15) is 27.6 Å². The van der Waals surface area contributed by atoms with Gasteiger partial charge in [0.1, 0.15) is 29.7 Å². The van der Waals surface area contributed by atoms with Crippen molar-refractivity contribution in [1.29, 1.82) is 0 Å². The van der Waals surface area contributed by atoms with Crippen LogP contribution in [0.15, 0.2) is 79.7 Å². The number of ether oxygens (including phenoxy) is 8. The van der Waals surface area contributed by atoms with Gasteiger partial charge in [-0.25, -0.2) is 32.2 Å². The number of nitrogens with one attached hydrogen (secondary N) is 3. The molecule has 27 heteroatoms. The molecule has 8 rings (SSSR count). The molecule has 3 aliphatic rings. The van der Waals surface area contributed by atoms with E-state index in [0.29, 0.717) is 190 Å². The number of carbonyl (C=O) groups excluding carboxylic acids is 4. The second-order valence-electron chi connectivity index (χ2n) is 20.4. The molecular formula is C60H80F2N10O14S. The van der Waals surface area contributed by atoms with Gasteiger partial charge in [0.25, 0.3) is 11.8 Å². The van der Waals surface area contributed by atoms with Crippen molar-refractivity contribution in [2.75, 3.05) is 153 Å². The second-order valence-corrected chi connectivity index (χ2v) is 22.3. The fraction of sp³-hybridized carbons (Fsp3) is 0.517. The van der Waals surface area contributed by atoms with Crippen LogP contribution in [0.25, 0.3) is 27.8 Å². The standard InChI is InChI=1S/C59H76F2N10O14S.CH4/c1-4-36-86(76,77)67-48-10-9-46(60)56(54(48)61)70-39-45(42-37-62-40-63-38-42)55-49(70)12-13-51(66-55)68(3)43-14-18-69(19-15-43)52(72)16-20-78-22-24-80-26-28-82-30-32-84-34-35-85-33-31-83-29-27-81-25-23-79-21-17-64-47-7-5-6-44-53(47)59(75)71(58(44)74)50-11-8-41(2)65-57(50)73;/h5-7,9-10,12-13,37-40,43,50,64,67H,2,4,8,11,14-36H2,1,3H3,(H,65,73);1H4. The Morgan fingerprint density at radius 3 is 1.92 bits per heavy atom. The number of halogens is 2. The van der Waals surface area contributed by atoms with Crippen molar-refractivity contribution in [1.82, 2.24) is 34.6 Å². The summed E-state index contributed by atoms with van der Waals surface area (Å²) < 4.78 is 105. The van der Waals surface area contributed by atoms with Crippen LogP contribution in [0.2, 0.25) is 0 Å². The van der Waals surface area contributed by atoms with Crippen molar-refractivity contribution >= 4 is 61.9 Å². The molecule has 5 aromatic rings. The van der Waals surface area contributed by atoms with E-state index in [1.807, 2.05) is 16.8 Å². The summed E-state index contributed by atoms with van der Waals surface area (Å²) in [6.45, 7) is 13.1. The first-order valence-corrected chi connectivity index (χ1v) is 30.5. The lowest BCUT2D eigenvalue weighted by atomic mass is 10.0. The quantitative estimate of drug-likeness (QED) is 0.0304. The normalized spacial score (nSPS) is 15.5. The number of rotatable bonds is 37. The van der Waals surface area contributed by atoms with Crippen LogP contribution in [-0.4, -0.2) is 212 Å². The Labute approximate surface area is 506 Å². The van der Waals surface area contributed by atoms with E-state index < -0.39 is 51.1 Å². The number of nitrogens with zero attached hydrogens (tertiary/aromatic N) is 7. The number of imide groups is 1. The van der Waals surface area contributed by atoms with E-state index in [1.54, 1.807) is 55.8 Å². The molecule has 474 valence electrons. The number of sulfonamides is 1. The van der Waals surface area contributed by atoms with E-state index in [0.717, 1.165) is 17.0 Å². The number of allylic oxidation sites excluding steroid dienone is 1. The molecule has 4 amide bonds. The van der Waals surface area contributed by atoms with Gasteiger partial charge >= 0.3 is 0 Å². The first-order valence-electron chi connectivity index (χ1n) is 28.9. The van der Waals surface area contributed by atoms with Crippen LogP contribution < -0.4 is 20.3 Å². The molecule has 0 spiro atoms. The summed E-state index contributed by atoms with van der Waals surface area (Å²) in [5.74, 6) is -2.96. The van der Waals surface area contributed by atoms with Crippen molar-refractivity contribution in [3.8, 4) is 16.8 Å². The monoisotopic (exact) mass is 1230 g/mol. The molecule has 3 aromatic heterocycles. The zero-order valence-electron chi connectivity index (χ0n) is 48.6. The van der Waals surface area contributed by atoms with Gasteiger partial charge < -0.3 is 62.9 Å². The summed E-state index contributed by atoms with van der Waals surface area (Å²) in [4.78, 5) is 70.2. The lowest BCUT2D eigenvalue weighted by molar-refractivity contribution is -0.133. The number of likely N-dealkylation sites (tertiary alicyclic amines) is 1. The van der Waals surface area contributed by atoms with Crippen molar-refractivity contribution in [3.63, 3.8) is 0 Å². The molecule has 1 unspecified atom stereocenters. The lowest BCUT2D eigenvalue weighted by Crippen LogP contribution is -2.51. The highest BCUT2D eigenvalue weighted by atomic mass is 32.2. The highest BCUT2D eigenvalue weighted by Crippen LogP contribution is 2.37. The zero-order valence-corrected chi connectivity index (χ0v) is 49.4. The molecule has 6 heterocycles. The van der Waals surface area contributed by atoms with Crippen LogP contribution in [0.1, 0.15) is 73.6 Å². The molecule has 24 nitrogen and oxygen atoms in total. The van der Waals surface area contributed by atoms with Crippen molar-refractivity contribution < 1.29 is 74.3 Å². The third kappa shape index (κ3) is 18.5. The number of carbonyl (C=O) groups is 4. The maximum atomic E-state index is 16.1. The van der Waals surface area contributed by atoms with Crippen LogP contribution >= 0.6 is 0 Å². The summed E-state index contributed by atoms with van der Waals surface area (Å²) in [5, 5.41) is 5.81. The summed E-state index contributed by atoms with van der Waals surface area (Å²) in [6.07, 6.45) is 8.84. The Hall–Kier alpha value is -7.08. The topological polar surface area (TPSA) is 266 Å². The van der Waals surface area contributed by atoms with Crippen molar-refractivity contribution in [2.24, 2.45) is 0 Å². The average Bonchev–Trinajstić information content (AvgIpc) is 1.71. The van der Waals surface area contributed by atoms with Gasteiger partial charge in [-0.1, -0.05) is 27.0 Å². The number of benzene rings is 2. The minimum atomic E-state index is -3.87. The maximum Gasteiger partial charge on any atom is 0.264 e. The predicted octanol–water partition coefficient (Wildman–Crippen LogP) is 6.00. The molecule has 3 N–H and O–H groups in total. The lowest BCUT2D eigenvalue weighted by Gasteiger charge is -2.37. The van der Waals surface area contributed by atoms with Crippen molar-refractivity contribution in [3.05, 3.63) is 102 Å². The van der Waals surface area contributed by atoms with Gasteiger partial charge in [-0.3, -0.25) is 28.8 Å². The Morgan fingerprint density at radius 2 is 1.33 bits per heavy atom. The number of hydrogen-bond acceptors (Lipinski definition) is 19. The molecule has 3 aliphatic heterocycles. The Kier molecular flexibility index (Phi) is 26.3. The molecule has 2 aromatic carbocycles. The van der Waals surface area contributed by atoms with E-state index in [2.05, 4.69) is 31.9 Å². The van der Waals surface area contributed by atoms with Gasteiger partial charge in [0.2, 0.25) is 21.8 Å². The molecule has 2 fully saturated rings. The molecule has 0 saturated carbocycles. The van der Waals surface area contributed by atoms with E-state index >= 15 is 8.78 Å². The Balaban J connectivity index is 0.0000108. The molecule has 87 heavy (non-hydrogen) atoms. The SMILES string of the molecule is C.C=C1CCC(N2C(=O)c3cccc(NCCOCCOCCOCCOCCOCCOCCOCCOCCC(=O)N4CCC(N(C)c5ccc6c(n5)c(-c5cncnc5)cn6-c5c(F)ccc(NS(=O)(=O)CCC)c5F)CC4)c3C2=O)C(=O)N1. The van der Waals surface area contributed by atoms with Crippen LogP contribution in [0.3, 0.4) is 0 Å². The Morgan fingerprint density at radius 1 is 0.747 bits per heavy atom.